The Morgan fingerprint density at radius 3 is 2.23 bits per heavy atom. The van der Waals surface area contributed by atoms with Gasteiger partial charge in [0.2, 0.25) is 5.91 Å². The van der Waals surface area contributed by atoms with E-state index in [2.05, 4.69) is 10.6 Å². The van der Waals surface area contributed by atoms with Gasteiger partial charge in [0, 0.05) is 6.54 Å². The van der Waals surface area contributed by atoms with Gasteiger partial charge in [0.15, 0.2) is 0 Å². The normalized spacial score (nSPS) is 11.4. The molecular weight excluding hydrogens is 348 g/mol. The highest BCUT2D eigenvalue weighted by Crippen LogP contribution is 2.05. The van der Waals surface area contributed by atoms with Crippen LogP contribution in [0, 0.1) is 0 Å². The third-order valence-corrected chi connectivity index (χ3v) is 4.39. The number of ether oxygens (including phenoxy) is 1. The Hall–Kier alpha value is -2.47. The zero-order valence-corrected chi connectivity index (χ0v) is 15.6. The molecule has 2 aromatic rings. The number of nitrogens with one attached hydrogen (secondary N) is 2. The number of carbonyl (C=O) groups excluding carboxylic acids is 2. The zero-order chi connectivity index (χ0) is 18.6. The number of benzene rings is 2. The number of carbonyl (C=O) groups is 2. The molecule has 0 aliphatic rings. The van der Waals surface area contributed by atoms with Gasteiger partial charge < -0.3 is 15.4 Å². The summed E-state index contributed by atoms with van der Waals surface area (Å²) in [6.07, 6.45) is 1.92. The van der Waals surface area contributed by atoms with Crippen molar-refractivity contribution in [3.63, 3.8) is 0 Å². The molecule has 0 aliphatic carbocycles. The molecule has 1 atom stereocenters. The highest BCUT2D eigenvalue weighted by atomic mass is 32.2. The van der Waals surface area contributed by atoms with Crippen LogP contribution in [0.1, 0.15) is 17.5 Å². The molecule has 0 radical (unpaired) electrons. The van der Waals surface area contributed by atoms with Gasteiger partial charge in [-0.3, -0.25) is 4.79 Å². The Bertz CT molecular complexity index is 680. The van der Waals surface area contributed by atoms with Crippen LogP contribution in [0.5, 0.6) is 0 Å². The lowest BCUT2D eigenvalue weighted by atomic mass is 10.2. The Morgan fingerprint density at radius 2 is 1.62 bits per heavy atom. The van der Waals surface area contributed by atoms with Gasteiger partial charge in [-0.05, 0) is 29.6 Å². The zero-order valence-electron chi connectivity index (χ0n) is 14.8. The molecular formula is C20H24N2O3S. The van der Waals surface area contributed by atoms with Gasteiger partial charge in [0.25, 0.3) is 0 Å². The molecule has 5 nitrogen and oxygen atoms in total. The minimum absolute atomic E-state index is 0.174. The van der Waals surface area contributed by atoms with E-state index >= 15 is 0 Å². The van der Waals surface area contributed by atoms with E-state index in [9.17, 15) is 9.59 Å². The summed E-state index contributed by atoms with van der Waals surface area (Å²) in [4.78, 5) is 24.5. The average molecular weight is 372 g/mol. The Morgan fingerprint density at radius 1 is 1.00 bits per heavy atom. The molecule has 6 heteroatoms. The number of hydrogen-bond acceptors (Lipinski definition) is 4. The van der Waals surface area contributed by atoms with Crippen LogP contribution in [-0.2, 0) is 22.7 Å². The van der Waals surface area contributed by atoms with Crippen LogP contribution in [0.15, 0.2) is 60.7 Å². The Balaban J connectivity index is 1.84. The number of amides is 2. The number of thioether (sulfide) groups is 1. The third kappa shape index (κ3) is 7.19. The summed E-state index contributed by atoms with van der Waals surface area (Å²) in [5.74, 6) is 0.558. The van der Waals surface area contributed by atoms with Crippen LogP contribution in [0.4, 0.5) is 4.79 Å². The van der Waals surface area contributed by atoms with Gasteiger partial charge in [0.05, 0.1) is 0 Å². The number of alkyl carbamates (subject to hydrolysis) is 1. The first kappa shape index (κ1) is 19.8. The van der Waals surface area contributed by atoms with Crippen molar-refractivity contribution in [1.29, 1.82) is 0 Å². The molecule has 2 amide bonds. The summed E-state index contributed by atoms with van der Waals surface area (Å²) in [5, 5.41) is 5.54. The van der Waals surface area contributed by atoms with Gasteiger partial charge in [-0.2, -0.15) is 11.8 Å². The van der Waals surface area contributed by atoms with E-state index < -0.39 is 12.1 Å². The fourth-order valence-corrected chi connectivity index (χ4v) is 2.79. The topological polar surface area (TPSA) is 67.4 Å². The molecule has 2 aromatic carbocycles. The maximum absolute atomic E-state index is 12.4. The molecule has 26 heavy (non-hydrogen) atoms. The van der Waals surface area contributed by atoms with E-state index in [0.29, 0.717) is 13.0 Å². The predicted molar refractivity (Wildman–Crippen MR) is 105 cm³/mol. The van der Waals surface area contributed by atoms with Gasteiger partial charge in [-0.1, -0.05) is 60.7 Å². The molecule has 2 rings (SSSR count). The Kier molecular flexibility index (Phi) is 8.55. The second-order valence-electron chi connectivity index (χ2n) is 5.74. The van der Waals surface area contributed by atoms with Gasteiger partial charge in [0.1, 0.15) is 12.6 Å². The first-order chi connectivity index (χ1) is 12.7. The standard InChI is InChI=1S/C20H24N2O3S/c1-26-13-12-18(19(23)21-14-16-8-4-2-5-9-16)22-20(24)25-15-17-10-6-3-7-11-17/h2-11,18H,12-15H2,1H3,(H,21,23)(H,22,24)/t18-/m0/s1. The van der Waals surface area contributed by atoms with Crippen molar-refractivity contribution in [3.05, 3.63) is 71.8 Å². The smallest absolute Gasteiger partial charge is 0.408 e. The van der Waals surface area contributed by atoms with Crippen molar-refractivity contribution >= 4 is 23.8 Å². The fraction of sp³-hybridized carbons (Fsp3) is 0.300. The van der Waals surface area contributed by atoms with Crippen molar-refractivity contribution < 1.29 is 14.3 Å². The van der Waals surface area contributed by atoms with Crippen LogP contribution in [0.25, 0.3) is 0 Å². The summed E-state index contributed by atoms with van der Waals surface area (Å²) < 4.78 is 5.21. The summed E-state index contributed by atoms with van der Waals surface area (Å²) in [7, 11) is 0. The van der Waals surface area contributed by atoms with E-state index in [1.807, 2.05) is 66.9 Å². The monoisotopic (exact) mass is 372 g/mol. The van der Waals surface area contributed by atoms with Crippen LogP contribution in [0.2, 0.25) is 0 Å². The highest BCUT2D eigenvalue weighted by molar-refractivity contribution is 7.98. The summed E-state index contributed by atoms with van der Waals surface area (Å²) >= 11 is 1.63. The second kappa shape index (κ2) is 11.2. The SMILES string of the molecule is CSCC[C@H](NC(=O)OCc1ccccc1)C(=O)NCc1ccccc1. The minimum atomic E-state index is -0.616. The number of rotatable bonds is 9. The summed E-state index contributed by atoms with van der Waals surface area (Å²) in [5.41, 5.74) is 1.91. The molecule has 0 spiro atoms. The molecule has 0 saturated heterocycles. The van der Waals surface area contributed by atoms with E-state index in [0.717, 1.165) is 16.9 Å². The van der Waals surface area contributed by atoms with Crippen molar-refractivity contribution in [3.8, 4) is 0 Å². The maximum Gasteiger partial charge on any atom is 0.408 e. The van der Waals surface area contributed by atoms with Crippen molar-refractivity contribution in [1.82, 2.24) is 10.6 Å². The van der Waals surface area contributed by atoms with E-state index in [1.54, 1.807) is 11.8 Å². The van der Waals surface area contributed by atoms with E-state index in [1.165, 1.54) is 0 Å². The molecule has 0 aromatic heterocycles. The van der Waals surface area contributed by atoms with Crippen LogP contribution < -0.4 is 10.6 Å². The Labute approximate surface area is 158 Å². The van der Waals surface area contributed by atoms with Crippen LogP contribution >= 0.6 is 11.8 Å². The van der Waals surface area contributed by atoms with Crippen molar-refractivity contribution in [2.75, 3.05) is 12.0 Å². The van der Waals surface area contributed by atoms with Crippen LogP contribution in [-0.4, -0.2) is 30.1 Å². The molecule has 2 N–H and O–H groups in total. The minimum Gasteiger partial charge on any atom is -0.445 e. The quantitative estimate of drug-likeness (QED) is 0.708. The third-order valence-electron chi connectivity index (χ3n) is 3.74. The first-order valence-electron chi connectivity index (χ1n) is 8.47. The lowest BCUT2D eigenvalue weighted by Gasteiger charge is -2.18. The molecule has 0 bridgehead atoms. The lowest BCUT2D eigenvalue weighted by Crippen LogP contribution is -2.47. The molecule has 0 heterocycles. The van der Waals surface area contributed by atoms with Gasteiger partial charge >= 0.3 is 6.09 Å². The van der Waals surface area contributed by atoms with Gasteiger partial charge in [-0.25, -0.2) is 4.79 Å². The molecule has 0 unspecified atom stereocenters. The summed E-state index contributed by atoms with van der Waals surface area (Å²) in [6, 6.07) is 18.5. The first-order valence-corrected chi connectivity index (χ1v) is 9.86. The van der Waals surface area contributed by atoms with Gasteiger partial charge in [-0.15, -0.1) is 0 Å². The molecule has 0 saturated carbocycles. The largest absolute Gasteiger partial charge is 0.445 e. The molecule has 0 aliphatic heterocycles. The average Bonchev–Trinajstić information content (AvgIpc) is 2.69. The predicted octanol–water partition coefficient (Wildman–Crippen LogP) is 3.35. The molecule has 0 fully saturated rings. The van der Waals surface area contributed by atoms with Crippen LogP contribution in [0.3, 0.4) is 0 Å². The summed E-state index contributed by atoms with van der Waals surface area (Å²) in [6.45, 7) is 0.601. The van der Waals surface area contributed by atoms with Crippen molar-refractivity contribution in [2.45, 2.75) is 25.6 Å². The van der Waals surface area contributed by atoms with E-state index in [4.69, 9.17) is 4.74 Å². The lowest BCUT2D eigenvalue weighted by molar-refractivity contribution is -0.123. The van der Waals surface area contributed by atoms with Crippen molar-refractivity contribution in [2.24, 2.45) is 0 Å². The second-order valence-corrected chi connectivity index (χ2v) is 6.73. The molecule has 138 valence electrons. The maximum atomic E-state index is 12.4. The highest BCUT2D eigenvalue weighted by Gasteiger charge is 2.20. The number of hydrogen-bond donors (Lipinski definition) is 2. The fourth-order valence-electron chi connectivity index (χ4n) is 2.32. The van der Waals surface area contributed by atoms with E-state index in [-0.39, 0.29) is 12.5 Å².